The lowest BCUT2D eigenvalue weighted by Gasteiger charge is -2.28. The van der Waals surface area contributed by atoms with Crippen molar-refractivity contribution in [3.63, 3.8) is 0 Å². The molecule has 0 aliphatic carbocycles. The van der Waals surface area contributed by atoms with Crippen molar-refractivity contribution in [2.75, 3.05) is 0 Å². The van der Waals surface area contributed by atoms with Crippen LogP contribution < -0.4 is 0 Å². The van der Waals surface area contributed by atoms with Gasteiger partial charge in [-0.25, -0.2) is 4.36 Å². The van der Waals surface area contributed by atoms with Gasteiger partial charge in [0.1, 0.15) is 5.75 Å². The highest BCUT2D eigenvalue weighted by atomic mass is 33.1. The summed E-state index contributed by atoms with van der Waals surface area (Å²) < 4.78 is 4.90. The Bertz CT molecular complexity index is 639. The maximum Gasteiger partial charge on any atom is 0.123 e. The normalized spacial score (nSPS) is 19.0. The number of benzene rings is 1. The van der Waals surface area contributed by atoms with Crippen LogP contribution in [0.15, 0.2) is 21.9 Å². The predicted molar refractivity (Wildman–Crippen MR) is 106 cm³/mol. The number of aromatic hydroxyl groups is 1. The molecule has 0 fully saturated rings. The first-order valence-electron chi connectivity index (χ1n) is 8.12. The van der Waals surface area contributed by atoms with Crippen LogP contribution in [-0.4, -0.2) is 10.4 Å². The van der Waals surface area contributed by atoms with Crippen LogP contribution >= 0.6 is 10.8 Å². The highest BCUT2D eigenvalue weighted by molar-refractivity contribution is 8.71. The highest BCUT2D eigenvalue weighted by Crippen LogP contribution is 2.43. The summed E-state index contributed by atoms with van der Waals surface area (Å²) in [5.74, 6) is 0.433. The van der Waals surface area contributed by atoms with E-state index in [-0.39, 0.29) is 20.6 Å². The van der Waals surface area contributed by atoms with E-state index in [1.807, 2.05) is 10.8 Å². The molecule has 23 heavy (non-hydrogen) atoms. The van der Waals surface area contributed by atoms with Crippen molar-refractivity contribution in [2.45, 2.75) is 71.5 Å². The Hall–Kier alpha value is -0.740. The van der Waals surface area contributed by atoms with Gasteiger partial charge in [-0.15, -0.1) is 0 Å². The number of hydrogen-bond donors (Lipinski definition) is 1. The Morgan fingerprint density at radius 1 is 1.00 bits per heavy atom. The quantitative estimate of drug-likeness (QED) is 0.647. The van der Waals surface area contributed by atoms with Crippen molar-refractivity contribution >= 4 is 26.2 Å². The fraction of sp³-hybridized carbons (Fsp3) is 0.579. The van der Waals surface area contributed by atoms with Crippen LogP contribution in [0.4, 0.5) is 0 Å². The van der Waals surface area contributed by atoms with Crippen molar-refractivity contribution in [3.8, 4) is 5.75 Å². The van der Waals surface area contributed by atoms with Gasteiger partial charge < -0.3 is 5.11 Å². The van der Waals surface area contributed by atoms with E-state index < -0.39 is 0 Å². The van der Waals surface area contributed by atoms with Crippen molar-refractivity contribution in [1.29, 1.82) is 0 Å². The van der Waals surface area contributed by atoms with Gasteiger partial charge in [0.05, 0.1) is 5.70 Å². The fourth-order valence-corrected chi connectivity index (χ4v) is 5.38. The molecule has 0 amide bonds. The molecule has 2 nitrogen and oxygen atoms in total. The van der Waals surface area contributed by atoms with Crippen LogP contribution in [0.1, 0.15) is 72.1 Å². The number of phenolic OH excluding ortho intramolecular Hbond substituents is 1. The molecule has 4 heteroatoms. The Kier molecular flexibility index (Phi) is 5.08. The van der Waals surface area contributed by atoms with Gasteiger partial charge in [-0.3, -0.25) is 0 Å². The van der Waals surface area contributed by atoms with E-state index >= 15 is 0 Å². The van der Waals surface area contributed by atoms with E-state index in [9.17, 15) is 5.11 Å². The summed E-state index contributed by atoms with van der Waals surface area (Å²) in [5.41, 5.74) is 3.97. The second-order valence-electron chi connectivity index (χ2n) is 8.44. The van der Waals surface area contributed by atoms with Gasteiger partial charge in [-0.05, 0) is 32.7 Å². The van der Waals surface area contributed by atoms with Crippen molar-refractivity contribution in [1.82, 2.24) is 0 Å². The van der Waals surface area contributed by atoms with Crippen molar-refractivity contribution < 1.29 is 5.11 Å². The molecular weight excluding hydrogens is 322 g/mol. The number of nitrogens with zero attached hydrogens (tertiary/aromatic N) is 1. The smallest absolute Gasteiger partial charge is 0.123 e. The molecule has 0 radical (unpaired) electrons. The fourth-order valence-electron chi connectivity index (χ4n) is 2.50. The van der Waals surface area contributed by atoms with E-state index in [4.69, 9.17) is 4.36 Å². The number of hydrogen-bond acceptors (Lipinski definition) is 3. The van der Waals surface area contributed by atoms with Gasteiger partial charge in [0.2, 0.25) is 0 Å². The monoisotopic (exact) mass is 351 g/mol. The minimum absolute atomic E-state index is 0.0161. The molecule has 0 saturated carbocycles. The van der Waals surface area contributed by atoms with Gasteiger partial charge >= 0.3 is 0 Å². The summed E-state index contributed by atoms with van der Waals surface area (Å²) in [7, 11) is 1.84. The maximum absolute atomic E-state index is 10.8. The third-order valence-electron chi connectivity index (χ3n) is 3.87. The second kappa shape index (κ2) is 6.29. The summed E-state index contributed by atoms with van der Waals surface area (Å²) in [4.78, 5) is 0. The van der Waals surface area contributed by atoms with Gasteiger partial charge in [-0.2, -0.15) is 0 Å². The molecule has 0 aromatic heterocycles. The molecule has 1 N–H and O–H groups in total. The van der Waals surface area contributed by atoms with Gasteiger partial charge in [0.25, 0.3) is 0 Å². The van der Waals surface area contributed by atoms with Crippen LogP contribution in [0.3, 0.4) is 0 Å². The van der Waals surface area contributed by atoms with E-state index in [1.165, 1.54) is 0 Å². The number of rotatable bonds is 2. The zero-order valence-corrected chi connectivity index (χ0v) is 17.2. The summed E-state index contributed by atoms with van der Waals surface area (Å²) in [6.45, 7) is 17.3. The van der Waals surface area contributed by atoms with E-state index in [1.54, 1.807) is 0 Å². The van der Waals surface area contributed by atoms with Crippen LogP contribution in [0.25, 0.3) is 5.70 Å². The first-order valence-corrected chi connectivity index (χ1v) is 10.8. The Balaban J connectivity index is 2.63. The summed E-state index contributed by atoms with van der Waals surface area (Å²) in [6, 6.07) is 4.24. The summed E-state index contributed by atoms with van der Waals surface area (Å²) in [6.07, 6.45) is 0. The average molecular weight is 352 g/mol. The zero-order chi connectivity index (χ0) is 17.6. The minimum Gasteiger partial charge on any atom is -0.507 e. The summed E-state index contributed by atoms with van der Waals surface area (Å²) >= 11 is 0. The van der Waals surface area contributed by atoms with Gasteiger partial charge in [0.15, 0.2) is 0 Å². The molecule has 1 heterocycles. The molecule has 0 saturated heterocycles. The number of phenols is 1. The Morgan fingerprint density at radius 3 is 1.83 bits per heavy atom. The lowest BCUT2D eigenvalue weighted by molar-refractivity contribution is 0.423. The molecule has 2 rings (SSSR count). The van der Waals surface area contributed by atoms with E-state index in [0.717, 1.165) is 22.4 Å². The summed E-state index contributed by atoms with van der Waals surface area (Å²) in [5, 5.41) is 13.5. The molecule has 1 aliphatic rings. The lowest BCUT2D eigenvalue weighted by atomic mass is 9.78. The largest absolute Gasteiger partial charge is 0.507 e. The molecule has 1 aromatic rings. The topological polar surface area (TPSA) is 32.6 Å². The third kappa shape index (κ3) is 4.03. The first kappa shape index (κ1) is 18.6. The van der Waals surface area contributed by atoms with Crippen LogP contribution in [0, 0.1) is 0 Å². The molecule has 1 unspecified atom stereocenters. The third-order valence-corrected chi connectivity index (χ3v) is 7.83. The minimum atomic E-state index is -0.105. The Labute approximate surface area is 147 Å². The predicted octanol–water partition coefficient (Wildman–Crippen LogP) is 6.16. The molecular formula is C19H29NOS2. The molecule has 128 valence electrons. The van der Waals surface area contributed by atoms with Gasteiger partial charge in [-0.1, -0.05) is 66.2 Å². The maximum atomic E-state index is 10.8. The van der Waals surface area contributed by atoms with Crippen LogP contribution in [-0.2, 0) is 20.6 Å². The molecule has 0 bridgehead atoms. The van der Waals surface area contributed by atoms with E-state index in [2.05, 4.69) is 72.9 Å². The zero-order valence-electron chi connectivity index (χ0n) is 15.5. The highest BCUT2D eigenvalue weighted by Gasteiger charge is 2.27. The second-order valence-corrected chi connectivity index (χ2v) is 12.1. The lowest BCUT2D eigenvalue weighted by Crippen LogP contribution is -2.17. The average Bonchev–Trinajstić information content (AvgIpc) is 2.85. The standard InChI is InChI=1S/C19H29NOS2/c1-12(2)23-20-16(11-22-23)13-9-14(18(3,4)5)17(21)15(10-13)19(6,7)8/h9-12,21H,1-8H3. The van der Waals surface area contributed by atoms with Crippen molar-refractivity contribution in [2.24, 2.45) is 4.36 Å². The van der Waals surface area contributed by atoms with Crippen molar-refractivity contribution in [3.05, 3.63) is 34.2 Å². The molecule has 1 aliphatic heterocycles. The van der Waals surface area contributed by atoms with Crippen LogP contribution in [0.2, 0.25) is 0 Å². The molecule has 1 aromatic carbocycles. The first-order chi connectivity index (χ1) is 10.4. The van der Waals surface area contributed by atoms with Crippen LogP contribution in [0.5, 0.6) is 5.75 Å². The Morgan fingerprint density at radius 2 is 1.48 bits per heavy atom. The van der Waals surface area contributed by atoms with Gasteiger partial charge in [0, 0.05) is 27.3 Å². The SMILES string of the molecule is CC(C)S1=NC(c2cc(C(C)(C)C)c(O)c(C(C)(C)C)c2)=CS1. The molecule has 1 atom stereocenters. The van der Waals surface area contributed by atoms with E-state index in [0.29, 0.717) is 11.0 Å². The molecule has 0 spiro atoms.